The number of nitrogens with one attached hydrogen (secondary N) is 1. The van der Waals surface area contributed by atoms with Crippen LogP contribution in [-0.2, 0) is 9.59 Å². The van der Waals surface area contributed by atoms with Gasteiger partial charge in [-0.3, -0.25) is 14.4 Å². The Hall–Kier alpha value is -3.80. The summed E-state index contributed by atoms with van der Waals surface area (Å²) in [5.41, 5.74) is 0.702. The van der Waals surface area contributed by atoms with Crippen molar-refractivity contribution in [3.63, 3.8) is 0 Å². The summed E-state index contributed by atoms with van der Waals surface area (Å²) in [5.74, 6) is 0.102. The van der Waals surface area contributed by atoms with E-state index in [1.165, 1.54) is 35.4 Å². The fraction of sp³-hybridized carbons (Fsp3) is 0.429. The van der Waals surface area contributed by atoms with Crippen molar-refractivity contribution < 1.29 is 19.1 Å². The van der Waals surface area contributed by atoms with Crippen LogP contribution in [0.5, 0.6) is 5.75 Å². The van der Waals surface area contributed by atoms with Gasteiger partial charge in [0.15, 0.2) is 5.82 Å². The molecule has 0 bridgehead atoms. The van der Waals surface area contributed by atoms with Crippen LogP contribution in [0, 0.1) is 6.92 Å². The zero-order valence-electron chi connectivity index (χ0n) is 19.0. The van der Waals surface area contributed by atoms with Gasteiger partial charge in [-0.2, -0.15) is 5.10 Å². The van der Waals surface area contributed by atoms with Gasteiger partial charge in [0.05, 0.1) is 36.3 Å². The van der Waals surface area contributed by atoms with Crippen molar-refractivity contribution in [1.29, 1.82) is 0 Å². The van der Waals surface area contributed by atoms with Crippen LogP contribution >= 0.6 is 0 Å². The molecule has 1 aliphatic rings. The number of methoxy groups -OCH3 is 1. The normalized spacial score (nSPS) is 14.2. The lowest BCUT2D eigenvalue weighted by molar-refractivity contribution is -0.137. The lowest BCUT2D eigenvalue weighted by Gasteiger charge is -2.34. The number of ketones is 1. The molecule has 3 aromatic heterocycles. The highest BCUT2D eigenvalue weighted by molar-refractivity contribution is 6.45. The van der Waals surface area contributed by atoms with Crippen molar-refractivity contribution >= 4 is 28.5 Å². The third kappa shape index (κ3) is 4.29. The highest BCUT2D eigenvalue weighted by atomic mass is 16.5. The lowest BCUT2D eigenvalue weighted by Crippen LogP contribution is -2.53. The molecule has 1 aliphatic heterocycles. The Morgan fingerprint density at radius 2 is 1.82 bits per heavy atom. The minimum absolute atomic E-state index is 0.00293. The Bertz CT molecular complexity index is 1210. The van der Waals surface area contributed by atoms with Crippen LogP contribution < -0.4 is 4.74 Å². The molecule has 0 saturated carbocycles. The fourth-order valence-electron chi connectivity index (χ4n) is 3.85. The van der Waals surface area contributed by atoms with E-state index >= 15 is 0 Å². The Morgan fingerprint density at radius 1 is 1.12 bits per heavy atom. The molecule has 0 spiro atoms. The third-order valence-electron chi connectivity index (χ3n) is 5.51. The van der Waals surface area contributed by atoms with Crippen LogP contribution in [0.4, 0.5) is 0 Å². The number of carbonyl (C=O) groups is 3. The van der Waals surface area contributed by atoms with Crippen molar-refractivity contribution in [2.24, 2.45) is 0 Å². The molecular weight excluding hydrogens is 428 g/mol. The van der Waals surface area contributed by atoms with Crippen LogP contribution in [0.3, 0.4) is 0 Å². The number of amides is 2. The molecule has 4 heterocycles. The maximum Gasteiger partial charge on any atom is 0.295 e. The van der Waals surface area contributed by atoms with Crippen molar-refractivity contribution in [1.82, 2.24) is 39.4 Å². The molecule has 4 rings (SSSR count). The highest BCUT2D eigenvalue weighted by Gasteiger charge is 2.31. The summed E-state index contributed by atoms with van der Waals surface area (Å²) < 4.78 is 6.91. The maximum atomic E-state index is 13.2. The summed E-state index contributed by atoms with van der Waals surface area (Å²) in [5, 5.41) is 4.73. The Morgan fingerprint density at radius 3 is 2.42 bits per heavy atom. The van der Waals surface area contributed by atoms with Crippen LogP contribution in [0.1, 0.15) is 16.2 Å². The van der Waals surface area contributed by atoms with E-state index in [1.54, 1.807) is 16.7 Å². The molecule has 1 saturated heterocycles. The number of H-pyrrole nitrogens is 1. The lowest BCUT2D eigenvalue weighted by atomic mass is 10.1. The van der Waals surface area contributed by atoms with Gasteiger partial charge in [0, 0.05) is 32.4 Å². The molecular formula is C21H26N8O4. The second-order valence-electron chi connectivity index (χ2n) is 8.08. The number of hydrogen-bond acceptors (Lipinski definition) is 8. The molecule has 1 fully saturated rings. The molecule has 0 unspecified atom stereocenters. The zero-order chi connectivity index (χ0) is 23.7. The van der Waals surface area contributed by atoms with E-state index in [1.807, 2.05) is 14.1 Å². The quantitative estimate of drug-likeness (QED) is 0.403. The van der Waals surface area contributed by atoms with E-state index in [9.17, 15) is 14.4 Å². The van der Waals surface area contributed by atoms with Gasteiger partial charge in [-0.15, -0.1) is 0 Å². The predicted molar refractivity (Wildman–Crippen MR) is 118 cm³/mol. The summed E-state index contributed by atoms with van der Waals surface area (Å²) in [4.78, 5) is 55.0. The number of piperazine rings is 1. The van der Waals surface area contributed by atoms with Gasteiger partial charge in [0.2, 0.25) is 5.91 Å². The summed E-state index contributed by atoms with van der Waals surface area (Å²) in [6, 6.07) is 0. The van der Waals surface area contributed by atoms with Gasteiger partial charge >= 0.3 is 0 Å². The predicted octanol–water partition coefficient (Wildman–Crippen LogP) is -0.124. The third-order valence-corrected chi connectivity index (χ3v) is 5.51. The van der Waals surface area contributed by atoms with Gasteiger partial charge in [-0.1, -0.05) is 0 Å². The summed E-state index contributed by atoms with van der Waals surface area (Å²) >= 11 is 0. The van der Waals surface area contributed by atoms with E-state index in [2.05, 4.69) is 20.1 Å². The number of Topliss-reactive ketones (excluding diaryl/α,β-unsaturated/α-hetero) is 1. The van der Waals surface area contributed by atoms with Gasteiger partial charge in [0.25, 0.3) is 11.7 Å². The van der Waals surface area contributed by atoms with E-state index in [0.717, 1.165) is 0 Å². The largest absolute Gasteiger partial charge is 0.494 e. The number of nitrogens with zero attached hydrogens (tertiary/aromatic N) is 7. The van der Waals surface area contributed by atoms with Crippen molar-refractivity contribution in [3.8, 4) is 11.6 Å². The Balaban J connectivity index is 1.57. The molecule has 33 heavy (non-hydrogen) atoms. The van der Waals surface area contributed by atoms with Gasteiger partial charge in [-0.25, -0.2) is 14.6 Å². The van der Waals surface area contributed by atoms with Crippen LogP contribution in [-0.4, -0.2) is 111 Å². The standard InChI is InChI=1S/C21H26N8O4/c1-13-24-12-29(25-13)20-18-17(15(33-4)10-23-20)14(9-22-18)19(31)21(32)28-7-5-27(6-8-28)16(30)11-26(2)3/h9-10,12,22H,5-8,11H2,1-4H3. The second-order valence-corrected chi connectivity index (χ2v) is 8.08. The molecule has 12 nitrogen and oxygen atoms in total. The number of likely N-dealkylation sites (N-methyl/N-ethyl adjacent to an activating group) is 1. The highest BCUT2D eigenvalue weighted by Crippen LogP contribution is 2.31. The number of fused-ring (bicyclic) bond motifs is 1. The summed E-state index contributed by atoms with van der Waals surface area (Å²) in [7, 11) is 5.14. The average Bonchev–Trinajstić information content (AvgIpc) is 3.44. The first-order valence-corrected chi connectivity index (χ1v) is 10.5. The molecule has 2 amide bonds. The van der Waals surface area contributed by atoms with E-state index in [-0.39, 0.29) is 11.5 Å². The molecule has 174 valence electrons. The average molecular weight is 454 g/mol. The Kier molecular flexibility index (Phi) is 6.09. The van der Waals surface area contributed by atoms with Gasteiger partial charge < -0.3 is 24.4 Å². The fourth-order valence-corrected chi connectivity index (χ4v) is 3.85. The van der Waals surface area contributed by atoms with Crippen molar-refractivity contribution in [3.05, 3.63) is 30.1 Å². The first-order chi connectivity index (χ1) is 15.8. The number of rotatable bonds is 6. The molecule has 12 heteroatoms. The van der Waals surface area contributed by atoms with Crippen molar-refractivity contribution in [2.45, 2.75) is 6.92 Å². The van der Waals surface area contributed by atoms with Crippen LogP contribution in [0.2, 0.25) is 0 Å². The molecule has 0 atom stereocenters. The van der Waals surface area contributed by atoms with Gasteiger partial charge in [-0.05, 0) is 21.0 Å². The SMILES string of the molecule is COc1cnc(-n2cnc(C)n2)c2[nH]cc(C(=O)C(=O)N3CCN(C(=O)CN(C)C)CC3)c12. The van der Waals surface area contributed by atoms with Crippen molar-refractivity contribution in [2.75, 3.05) is 53.9 Å². The van der Waals surface area contributed by atoms with E-state index in [4.69, 9.17) is 4.74 Å². The number of hydrogen-bond donors (Lipinski definition) is 1. The smallest absolute Gasteiger partial charge is 0.295 e. The number of aromatic amines is 1. The number of aromatic nitrogens is 5. The monoisotopic (exact) mass is 454 g/mol. The number of aryl methyl sites for hydroxylation is 1. The minimum Gasteiger partial charge on any atom is -0.494 e. The van der Waals surface area contributed by atoms with Crippen LogP contribution in [0.15, 0.2) is 18.7 Å². The van der Waals surface area contributed by atoms with E-state index < -0.39 is 11.7 Å². The van der Waals surface area contributed by atoms with E-state index in [0.29, 0.717) is 61.0 Å². The van der Waals surface area contributed by atoms with Crippen LogP contribution in [0.25, 0.3) is 16.7 Å². The molecule has 1 N–H and O–H groups in total. The molecule has 3 aromatic rings. The van der Waals surface area contributed by atoms with Gasteiger partial charge in [0.1, 0.15) is 17.9 Å². The first kappa shape index (κ1) is 22.4. The summed E-state index contributed by atoms with van der Waals surface area (Å²) in [6.07, 6.45) is 4.49. The first-order valence-electron chi connectivity index (χ1n) is 10.5. The molecule has 0 aromatic carbocycles. The molecule has 0 aliphatic carbocycles. The topological polar surface area (TPSA) is 130 Å². The minimum atomic E-state index is -0.653. The maximum absolute atomic E-state index is 13.2. The number of carbonyl (C=O) groups excluding carboxylic acids is 3. The number of pyridine rings is 1. The molecule has 0 radical (unpaired) electrons. The second kappa shape index (κ2) is 8.98. The Labute approximate surface area is 190 Å². The number of ether oxygens (including phenoxy) is 1. The zero-order valence-corrected chi connectivity index (χ0v) is 19.0. The summed E-state index contributed by atoms with van der Waals surface area (Å²) in [6.45, 7) is 3.45.